The number of amides is 1. The van der Waals surface area contributed by atoms with Crippen LogP contribution in [0.2, 0.25) is 10.0 Å². The highest BCUT2D eigenvalue weighted by molar-refractivity contribution is 6.34. The van der Waals surface area contributed by atoms with E-state index in [4.69, 9.17) is 28.5 Å². The normalized spacial score (nSPS) is 10.8. The van der Waals surface area contributed by atoms with Crippen molar-refractivity contribution in [2.24, 2.45) is 0 Å². The Kier molecular flexibility index (Phi) is 4.99. The summed E-state index contributed by atoms with van der Waals surface area (Å²) in [5, 5.41) is 12.6. The number of nitriles is 1. The van der Waals surface area contributed by atoms with Gasteiger partial charge in [0.1, 0.15) is 11.6 Å². The predicted molar refractivity (Wildman–Crippen MR) is 85.1 cm³/mol. The molecule has 0 fully saturated rings. The summed E-state index contributed by atoms with van der Waals surface area (Å²) in [7, 11) is 0. The van der Waals surface area contributed by atoms with Crippen LogP contribution in [0.3, 0.4) is 0 Å². The predicted octanol–water partition coefficient (Wildman–Crippen LogP) is 4.54. The maximum atomic E-state index is 12.1. The molecule has 0 saturated heterocycles. The molecule has 0 unspecified atom stereocenters. The van der Waals surface area contributed by atoms with Gasteiger partial charge in [-0.3, -0.25) is 4.79 Å². The van der Waals surface area contributed by atoms with Gasteiger partial charge >= 0.3 is 0 Å². The van der Waals surface area contributed by atoms with Crippen molar-refractivity contribution < 1.29 is 4.79 Å². The molecule has 5 heteroatoms. The van der Waals surface area contributed by atoms with E-state index in [9.17, 15) is 4.79 Å². The Bertz CT molecular complexity index is 748. The van der Waals surface area contributed by atoms with Crippen LogP contribution in [0.5, 0.6) is 0 Å². The molecule has 0 aliphatic rings. The van der Waals surface area contributed by atoms with Crippen LogP contribution < -0.4 is 5.32 Å². The van der Waals surface area contributed by atoms with Gasteiger partial charge in [-0.25, -0.2) is 0 Å². The molecule has 1 amide bonds. The molecule has 0 bridgehead atoms. The number of benzene rings is 2. The molecule has 0 heterocycles. The fourth-order valence-corrected chi connectivity index (χ4v) is 2.02. The lowest BCUT2D eigenvalue weighted by atomic mass is 10.1. The zero-order valence-corrected chi connectivity index (χ0v) is 12.3. The molecular weight excluding hydrogens is 307 g/mol. The third kappa shape index (κ3) is 3.85. The van der Waals surface area contributed by atoms with Gasteiger partial charge in [0.05, 0.1) is 10.7 Å². The molecule has 2 aromatic rings. The minimum atomic E-state index is -0.537. The highest BCUT2D eigenvalue weighted by Gasteiger charge is 2.11. The third-order valence-electron chi connectivity index (χ3n) is 2.69. The van der Waals surface area contributed by atoms with Gasteiger partial charge in [-0.2, -0.15) is 5.26 Å². The Balaban J connectivity index is 2.26. The first kappa shape index (κ1) is 15.1. The van der Waals surface area contributed by atoms with Crippen LogP contribution >= 0.6 is 23.2 Å². The molecule has 21 heavy (non-hydrogen) atoms. The maximum absolute atomic E-state index is 12.1. The summed E-state index contributed by atoms with van der Waals surface area (Å²) in [6.45, 7) is 0. The van der Waals surface area contributed by atoms with Crippen LogP contribution in [0, 0.1) is 11.3 Å². The van der Waals surface area contributed by atoms with E-state index in [-0.39, 0.29) is 5.57 Å². The number of nitrogens with one attached hydrogen (secondary N) is 1. The highest BCUT2D eigenvalue weighted by atomic mass is 35.5. The fraction of sp³-hybridized carbons (Fsp3) is 0. The van der Waals surface area contributed by atoms with E-state index in [1.165, 1.54) is 6.08 Å². The van der Waals surface area contributed by atoms with E-state index < -0.39 is 5.91 Å². The van der Waals surface area contributed by atoms with E-state index >= 15 is 0 Å². The summed E-state index contributed by atoms with van der Waals surface area (Å²) >= 11 is 12.0. The lowest BCUT2D eigenvalue weighted by molar-refractivity contribution is -0.112. The van der Waals surface area contributed by atoms with Gasteiger partial charge in [0.2, 0.25) is 0 Å². The van der Waals surface area contributed by atoms with Crippen molar-refractivity contribution in [2.45, 2.75) is 0 Å². The fourth-order valence-electron chi connectivity index (χ4n) is 1.65. The SMILES string of the molecule is N#C/C(=C/c1ccccc1Cl)C(=O)Nc1ccccc1Cl. The lowest BCUT2D eigenvalue weighted by Crippen LogP contribution is -2.13. The Hall–Kier alpha value is -2.28. The van der Waals surface area contributed by atoms with Gasteiger partial charge in [0.25, 0.3) is 5.91 Å². The minimum Gasteiger partial charge on any atom is -0.320 e. The molecule has 2 rings (SSSR count). The maximum Gasteiger partial charge on any atom is 0.266 e. The van der Waals surface area contributed by atoms with Gasteiger partial charge in [0, 0.05) is 5.02 Å². The summed E-state index contributed by atoms with van der Waals surface area (Å²) in [5.74, 6) is -0.537. The van der Waals surface area contributed by atoms with Crippen molar-refractivity contribution in [3.8, 4) is 6.07 Å². The Morgan fingerprint density at radius 2 is 1.67 bits per heavy atom. The smallest absolute Gasteiger partial charge is 0.266 e. The van der Waals surface area contributed by atoms with Crippen LogP contribution in [-0.4, -0.2) is 5.91 Å². The van der Waals surface area contributed by atoms with Crippen molar-refractivity contribution in [3.63, 3.8) is 0 Å². The Morgan fingerprint density at radius 1 is 1.05 bits per heavy atom. The molecule has 104 valence electrons. The van der Waals surface area contributed by atoms with E-state index in [0.29, 0.717) is 21.3 Å². The van der Waals surface area contributed by atoms with Crippen molar-refractivity contribution >= 4 is 40.9 Å². The molecule has 0 radical (unpaired) electrons. The first-order valence-corrected chi connectivity index (χ1v) is 6.79. The van der Waals surface area contributed by atoms with Gasteiger partial charge < -0.3 is 5.32 Å². The minimum absolute atomic E-state index is 0.0528. The van der Waals surface area contributed by atoms with Crippen LogP contribution in [-0.2, 0) is 4.79 Å². The van der Waals surface area contributed by atoms with Crippen molar-refractivity contribution in [3.05, 3.63) is 69.7 Å². The van der Waals surface area contributed by atoms with E-state index in [1.807, 2.05) is 6.07 Å². The molecule has 2 aromatic carbocycles. The second-order valence-electron chi connectivity index (χ2n) is 4.13. The van der Waals surface area contributed by atoms with Crippen LogP contribution in [0.25, 0.3) is 6.08 Å². The number of anilines is 1. The summed E-state index contributed by atoms with van der Waals surface area (Å²) in [6, 6.07) is 15.6. The van der Waals surface area contributed by atoms with Crippen molar-refractivity contribution in [1.29, 1.82) is 5.26 Å². The van der Waals surface area contributed by atoms with E-state index in [2.05, 4.69) is 5.32 Å². The zero-order valence-electron chi connectivity index (χ0n) is 10.8. The van der Waals surface area contributed by atoms with E-state index in [1.54, 1.807) is 48.5 Å². The molecular formula is C16H10Cl2N2O. The molecule has 3 nitrogen and oxygen atoms in total. The van der Waals surface area contributed by atoms with Gasteiger partial charge in [0.15, 0.2) is 0 Å². The quantitative estimate of drug-likeness (QED) is 0.667. The zero-order chi connectivity index (χ0) is 15.2. The summed E-state index contributed by atoms with van der Waals surface area (Å²) < 4.78 is 0. The Morgan fingerprint density at radius 3 is 2.29 bits per heavy atom. The Labute approximate surface area is 132 Å². The lowest BCUT2D eigenvalue weighted by Gasteiger charge is -2.06. The molecule has 0 aliphatic carbocycles. The first-order chi connectivity index (χ1) is 10.1. The van der Waals surface area contributed by atoms with E-state index in [0.717, 1.165) is 0 Å². The molecule has 0 spiro atoms. The highest BCUT2D eigenvalue weighted by Crippen LogP contribution is 2.22. The number of para-hydroxylation sites is 1. The molecule has 0 saturated carbocycles. The monoisotopic (exact) mass is 316 g/mol. The van der Waals surface area contributed by atoms with Crippen molar-refractivity contribution in [2.75, 3.05) is 5.32 Å². The number of hydrogen-bond donors (Lipinski definition) is 1. The topological polar surface area (TPSA) is 52.9 Å². The number of nitrogens with zero attached hydrogens (tertiary/aromatic N) is 1. The van der Waals surface area contributed by atoms with Crippen molar-refractivity contribution in [1.82, 2.24) is 0 Å². The number of rotatable bonds is 3. The molecule has 0 atom stereocenters. The first-order valence-electron chi connectivity index (χ1n) is 6.04. The second-order valence-corrected chi connectivity index (χ2v) is 4.94. The molecule has 0 aromatic heterocycles. The summed E-state index contributed by atoms with van der Waals surface area (Å²) in [6.07, 6.45) is 1.44. The average Bonchev–Trinajstić information content (AvgIpc) is 2.48. The van der Waals surface area contributed by atoms with Gasteiger partial charge in [-0.15, -0.1) is 0 Å². The van der Waals surface area contributed by atoms with Gasteiger partial charge in [-0.05, 0) is 29.8 Å². The number of carbonyl (C=O) groups excluding carboxylic acids is 1. The largest absolute Gasteiger partial charge is 0.320 e. The number of carbonyl (C=O) groups is 1. The second kappa shape index (κ2) is 6.94. The van der Waals surface area contributed by atoms with Gasteiger partial charge in [-0.1, -0.05) is 53.5 Å². The van der Waals surface area contributed by atoms with Crippen LogP contribution in [0.15, 0.2) is 54.1 Å². The van der Waals surface area contributed by atoms with Crippen LogP contribution in [0.1, 0.15) is 5.56 Å². The number of hydrogen-bond acceptors (Lipinski definition) is 2. The molecule has 1 N–H and O–H groups in total. The summed E-state index contributed by atoms with van der Waals surface area (Å²) in [5.41, 5.74) is 0.998. The van der Waals surface area contributed by atoms with Crippen LogP contribution in [0.4, 0.5) is 5.69 Å². The number of halogens is 2. The molecule has 0 aliphatic heterocycles. The third-order valence-corrected chi connectivity index (χ3v) is 3.37. The standard InChI is InChI=1S/C16H10Cl2N2O/c17-13-6-2-1-5-11(13)9-12(10-19)16(21)20-15-8-4-3-7-14(15)18/h1-9H,(H,20,21)/b12-9-. The average molecular weight is 317 g/mol. The summed E-state index contributed by atoms with van der Waals surface area (Å²) in [4.78, 5) is 12.1.